The third-order valence-corrected chi connectivity index (χ3v) is 3.41. The first-order valence-electron chi connectivity index (χ1n) is 5.38. The smallest absolute Gasteiger partial charge is 0.339 e. The molecule has 2 bridgehead atoms. The van der Waals surface area contributed by atoms with Crippen molar-refractivity contribution in [2.45, 2.75) is 25.0 Å². The summed E-state index contributed by atoms with van der Waals surface area (Å²) in [6.07, 6.45) is 2.29. The molecule has 4 nitrogen and oxygen atoms in total. The first kappa shape index (κ1) is 9.66. The van der Waals surface area contributed by atoms with E-state index in [-0.39, 0.29) is 18.2 Å². The summed E-state index contributed by atoms with van der Waals surface area (Å²) in [6, 6.07) is 3.66. The average Bonchev–Trinajstić information content (AvgIpc) is 2.89. The van der Waals surface area contributed by atoms with Crippen LogP contribution in [0.25, 0.3) is 0 Å². The van der Waals surface area contributed by atoms with Crippen molar-refractivity contribution in [3.63, 3.8) is 0 Å². The summed E-state index contributed by atoms with van der Waals surface area (Å²) in [5.74, 6) is -0.386. The van der Waals surface area contributed by atoms with Crippen molar-refractivity contribution in [1.82, 2.24) is 0 Å². The Morgan fingerprint density at radius 1 is 1.44 bits per heavy atom. The Balaban J connectivity index is 2.14. The van der Waals surface area contributed by atoms with Gasteiger partial charge in [-0.3, -0.25) is 0 Å². The summed E-state index contributed by atoms with van der Waals surface area (Å²) in [4.78, 5) is 11.5. The number of carbonyl (C=O) groups is 1. The van der Waals surface area contributed by atoms with Crippen LogP contribution in [0.15, 0.2) is 12.1 Å². The first-order valence-corrected chi connectivity index (χ1v) is 5.38. The second-order valence-electron chi connectivity index (χ2n) is 4.21. The molecule has 0 amide bonds. The minimum Gasteiger partial charge on any atom is -0.465 e. The van der Waals surface area contributed by atoms with Crippen LogP contribution in [0.2, 0.25) is 0 Å². The number of nitrogen functional groups attached to an aromatic ring is 1. The molecule has 1 fully saturated rings. The zero-order valence-corrected chi connectivity index (χ0v) is 9.03. The molecule has 4 heteroatoms. The Morgan fingerprint density at radius 3 is 2.94 bits per heavy atom. The van der Waals surface area contributed by atoms with E-state index in [1.54, 1.807) is 6.07 Å². The normalized spacial score (nSPS) is 25.6. The highest BCUT2D eigenvalue weighted by Crippen LogP contribution is 2.52. The minimum atomic E-state index is -0.386. The first-order chi connectivity index (χ1) is 7.72. The molecule has 1 aromatic carbocycles. The van der Waals surface area contributed by atoms with Gasteiger partial charge in [0.25, 0.3) is 0 Å². The van der Waals surface area contributed by atoms with Crippen LogP contribution in [-0.4, -0.2) is 13.1 Å². The summed E-state index contributed by atoms with van der Waals surface area (Å²) in [5.41, 5.74) is 9.12. The van der Waals surface area contributed by atoms with Gasteiger partial charge in [0.2, 0.25) is 0 Å². The van der Waals surface area contributed by atoms with Gasteiger partial charge in [-0.15, -0.1) is 0 Å². The lowest BCUT2D eigenvalue weighted by Crippen LogP contribution is -2.10. The predicted octanol–water partition coefficient (Wildman–Crippen LogP) is 1.96. The number of hydrogen-bond acceptors (Lipinski definition) is 4. The lowest BCUT2D eigenvalue weighted by atomic mass is 9.89. The third kappa shape index (κ3) is 1.10. The summed E-state index contributed by atoms with van der Waals surface area (Å²) < 4.78 is 10.5. The molecule has 2 N–H and O–H groups in total. The van der Waals surface area contributed by atoms with E-state index in [0.29, 0.717) is 11.3 Å². The number of rotatable bonds is 1. The fourth-order valence-corrected chi connectivity index (χ4v) is 2.66. The van der Waals surface area contributed by atoms with Gasteiger partial charge in [-0.25, -0.2) is 4.79 Å². The lowest BCUT2D eigenvalue weighted by Gasteiger charge is -2.15. The fourth-order valence-electron chi connectivity index (χ4n) is 2.66. The Bertz CT molecular complexity index is 470. The van der Waals surface area contributed by atoms with Gasteiger partial charge in [-0.05, 0) is 24.5 Å². The highest BCUT2D eigenvalue weighted by Gasteiger charge is 2.40. The van der Waals surface area contributed by atoms with Crippen molar-refractivity contribution >= 4 is 11.7 Å². The molecule has 0 radical (unpaired) electrons. The van der Waals surface area contributed by atoms with Crippen LogP contribution in [-0.2, 0) is 9.47 Å². The molecule has 2 aliphatic heterocycles. The predicted molar refractivity (Wildman–Crippen MR) is 58.0 cm³/mol. The molecule has 0 spiro atoms. The van der Waals surface area contributed by atoms with Gasteiger partial charge in [0.05, 0.1) is 30.6 Å². The van der Waals surface area contributed by atoms with Gasteiger partial charge in [-0.2, -0.15) is 0 Å². The standard InChI is InChI=1S/C12H13NO3/c1-15-12(14)7-3-2-6-8-4-5-9(16-8)10(6)11(7)13/h2-3,8-9H,4-5,13H2,1H3. The van der Waals surface area contributed by atoms with Crippen molar-refractivity contribution in [3.8, 4) is 0 Å². The van der Waals surface area contributed by atoms with Gasteiger partial charge in [-0.1, -0.05) is 6.07 Å². The van der Waals surface area contributed by atoms with E-state index in [4.69, 9.17) is 15.2 Å². The van der Waals surface area contributed by atoms with E-state index < -0.39 is 0 Å². The maximum Gasteiger partial charge on any atom is 0.339 e. The third-order valence-electron chi connectivity index (χ3n) is 3.41. The molecule has 84 valence electrons. The van der Waals surface area contributed by atoms with Crippen LogP contribution in [0, 0.1) is 0 Å². The number of nitrogens with two attached hydrogens (primary N) is 1. The number of methoxy groups -OCH3 is 1. The fraction of sp³-hybridized carbons (Fsp3) is 0.417. The molecule has 16 heavy (non-hydrogen) atoms. The van der Waals surface area contributed by atoms with E-state index in [1.165, 1.54) is 7.11 Å². The molecule has 2 heterocycles. The van der Waals surface area contributed by atoms with E-state index in [1.807, 2.05) is 6.07 Å². The average molecular weight is 219 g/mol. The quantitative estimate of drug-likeness (QED) is 0.579. The molecular weight excluding hydrogens is 206 g/mol. The summed E-state index contributed by atoms with van der Waals surface area (Å²) in [7, 11) is 1.36. The molecular formula is C12H13NO3. The number of carbonyl (C=O) groups excluding carboxylic acids is 1. The van der Waals surface area contributed by atoms with Crippen molar-refractivity contribution in [2.75, 3.05) is 12.8 Å². The highest BCUT2D eigenvalue weighted by atomic mass is 16.5. The molecule has 2 aliphatic rings. The van der Waals surface area contributed by atoms with Gasteiger partial charge in [0, 0.05) is 5.56 Å². The van der Waals surface area contributed by atoms with Crippen LogP contribution in [0.5, 0.6) is 0 Å². The van der Waals surface area contributed by atoms with Crippen molar-refractivity contribution in [1.29, 1.82) is 0 Å². The zero-order valence-electron chi connectivity index (χ0n) is 9.03. The number of esters is 1. The maximum atomic E-state index is 11.5. The van der Waals surface area contributed by atoms with Gasteiger partial charge in [0.15, 0.2) is 0 Å². The van der Waals surface area contributed by atoms with E-state index in [2.05, 4.69) is 0 Å². The van der Waals surface area contributed by atoms with E-state index in [9.17, 15) is 4.79 Å². The van der Waals surface area contributed by atoms with Crippen LogP contribution in [0.1, 0.15) is 46.5 Å². The van der Waals surface area contributed by atoms with Gasteiger partial charge in [0.1, 0.15) is 0 Å². The topological polar surface area (TPSA) is 61.5 Å². The van der Waals surface area contributed by atoms with Crippen LogP contribution >= 0.6 is 0 Å². The summed E-state index contributed by atoms with van der Waals surface area (Å²) in [6.45, 7) is 0. The Labute approximate surface area is 93.3 Å². The van der Waals surface area contributed by atoms with Crippen molar-refractivity contribution in [3.05, 3.63) is 28.8 Å². The second-order valence-corrected chi connectivity index (χ2v) is 4.21. The van der Waals surface area contributed by atoms with Gasteiger partial charge >= 0.3 is 5.97 Å². The molecule has 0 aromatic heterocycles. The minimum absolute atomic E-state index is 0.0737. The van der Waals surface area contributed by atoms with Crippen molar-refractivity contribution < 1.29 is 14.3 Å². The highest BCUT2D eigenvalue weighted by molar-refractivity contribution is 5.96. The SMILES string of the molecule is COC(=O)c1ccc2c(c1N)C1CCC2O1. The molecule has 1 aromatic rings. The Hall–Kier alpha value is -1.55. The summed E-state index contributed by atoms with van der Waals surface area (Å²) in [5, 5.41) is 0. The molecule has 2 unspecified atom stereocenters. The number of fused-ring (bicyclic) bond motifs is 5. The molecule has 0 saturated carbocycles. The van der Waals surface area contributed by atoms with Crippen LogP contribution < -0.4 is 5.73 Å². The maximum absolute atomic E-state index is 11.5. The molecule has 2 atom stereocenters. The zero-order chi connectivity index (χ0) is 11.3. The molecule has 3 rings (SSSR count). The number of ether oxygens (including phenoxy) is 2. The van der Waals surface area contributed by atoms with Crippen LogP contribution in [0.4, 0.5) is 5.69 Å². The van der Waals surface area contributed by atoms with E-state index >= 15 is 0 Å². The number of benzene rings is 1. The van der Waals surface area contributed by atoms with Crippen LogP contribution in [0.3, 0.4) is 0 Å². The molecule has 1 saturated heterocycles. The number of hydrogen-bond donors (Lipinski definition) is 1. The van der Waals surface area contributed by atoms with E-state index in [0.717, 1.165) is 24.0 Å². The van der Waals surface area contributed by atoms with Crippen molar-refractivity contribution in [2.24, 2.45) is 0 Å². The largest absolute Gasteiger partial charge is 0.465 e. The Morgan fingerprint density at radius 2 is 2.19 bits per heavy atom. The van der Waals surface area contributed by atoms with Gasteiger partial charge < -0.3 is 15.2 Å². The number of anilines is 1. The second kappa shape index (κ2) is 3.22. The lowest BCUT2D eigenvalue weighted by molar-refractivity contribution is 0.0601. The Kier molecular flexibility index (Phi) is 1.94. The monoisotopic (exact) mass is 219 g/mol. The molecule has 0 aliphatic carbocycles. The summed E-state index contributed by atoms with van der Waals surface area (Å²) >= 11 is 0.